The standard InChI is InChI=1S/C29H37F3N2O2/c1-6-26(35)22-8-7-21(19(2)15-22)16-24(34(4)5)18-33-27(36)17-25(20-9-11-23(30)12-10-20)29(13-14-29)28(3,31)32/h7-12,15,24-25H,6,13-14,16-18H2,1-5H3,(H,33,36)/t24-,25-/m0/s1. The van der Waals surface area contributed by atoms with Crippen molar-refractivity contribution in [1.29, 1.82) is 0 Å². The normalized spacial score (nSPS) is 16.5. The molecule has 4 nitrogen and oxygen atoms in total. The van der Waals surface area contributed by atoms with Crippen LogP contribution in [0.1, 0.15) is 72.5 Å². The Morgan fingerprint density at radius 3 is 2.25 bits per heavy atom. The number of aryl methyl sites for hydroxylation is 1. The van der Waals surface area contributed by atoms with Gasteiger partial charge in [-0.05, 0) is 82.1 Å². The van der Waals surface area contributed by atoms with Crippen LogP contribution >= 0.6 is 0 Å². The van der Waals surface area contributed by atoms with Gasteiger partial charge >= 0.3 is 0 Å². The maximum Gasteiger partial charge on any atom is 0.251 e. The van der Waals surface area contributed by atoms with Gasteiger partial charge in [0.2, 0.25) is 5.91 Å². The van der Waals surface area contributed by atoms with Crippen molar-refractivity contribution in [2.75, 3.05) is 20.6 Å². The van der Waals surface area contributed by atoms with E-state index in [-0.39, 0.29) is 24.2 Å². The molecule has 7 heteroatoms. The first kappa shape index (κ1) is 27.9. The van der Waals surface area contributed by atoms with Gasteiger partial charge in [0, 0.05) is 42.3 Å². The van der Waals surface area contributed by atoms with E-state index in [1.807, 2.05) is 51.0 Å². The highest BCUT2D eigenvalue weighted by Gasteiger charge is 2.63. The molecule has 1 amide bonds. The van der Waals surface area contributed by atoms with Gasteiger partial charge in [-0.2, -0.15) is 0 Å². The van der Waals surface area contributed by atoms with Gasteiger partial charge in [-0.25, -0.2) is 13.2 Å². The first-order chi connectivity index (χ1) is 16.9. The zero-order valence-corrected chi connectivity index (χ0v) is 21.8. The number of alkyl halides is 2. The molecule has 1 aliphatic rings. The van der Waals surface area contributed by atoms with Crippen molar-refractivity contribution >= 4 is 11.7 Å². The lowest BCUT2D eigenvalue weighted by Crippen LogP contribution is -2.43. The van der Waals surface area contributed by atoms with Crippen molar-refractivity contribution in [1.82, 2.24) is 10.2 Å². The summed E-state index contributed by atoms with van der Waals surface area (Å²) in [6.07, 6.45) is 1.71. The van der Waals surface area contributed by atoms with Crippen LogP contribution in [0.4, 0.5) is 13.2 Å². The molecule has 2 atom stereocenters. The zero-order valence-electron chi connectivity index (χ0n) is 21.8. The number of nitrogens with one attached hydrogen (secondary N) is 1. The van der Waals surface area contributed by atoms with Gasteiger partial charge in [-0.1, -0.05) is 31.2 Å². The second kappa shape index (κ2) is 11.2. The number of hydrogen-bond acceptors (Lipinski definition) is 3. The highest BCUT2D eigenvalue weighted by molar-refractivity contribution is 5.96. The lowest BCUT2D eigenvalue weighted by Gasteiger charge is -2.32. The molecule has 36 heavy (non-hydrogen) atoms. The number of nitrogens with zero attached hydrogens (tertiary/aromatic N) is 1. The summed E-state index contributed by atoms with van der Waals surface area (Å²) in [4.78, 5) is 27.0. The van der Waals surface area contributed by atoms with Crippen LogP contribution in [0.3, 0.4) is 0 Å². The largest absolute Gasteiger partial charge is 0.355 e. The van der Waals surface area contributed by atoms with E-state index in [9.17, 15) is 22.8 Å². The number of rotatable bonds is 12. The Labute approximate surface area is 212 Å². The maximum atomic E-state index is 14.6. The molecule has 0 unspecified atom stereocenters. The summed E-state index contributed by atoms with van der Waals surface area (Å²) in [5.41, 5.74) is 2.08. The van der Waals surface area contributed by atoms with Crippen molar-refractivity contribution in [2.45, 2.75) is 70.8 Å². The number of halogens is 3. The number of ketones is 1. The van der Waals surface area contributed by atoms with Gasteiger partial charge in [-0.3, -0.25) is 9.59 Å². The monoisotopic (exact) mass is 502 g/mol. The van der Waals surface area contributed by atoms with Crippen LogP contribution in [0.15, 0.2) is 42.5 Å². The molecule has 0 aromatic heterocycles. The molecule has 1 aliphatic carbocycles. The second-order valence-electron chi connectivity index (χ2n) is 10.4. The Hall–Kier alpha value is -2.67. The minimum absolute atomic E-state index is 0.0212. The second-order valence-corrected chi connectivity index (χ2v) is 10.4. The first-order valence-corrected chi connectivity index (χ1v) is 12.6. The topological polar surface area (TPSA) is 49.4 Å². The highest BCUT2D eigenvalue weighted by atomic mass is 19.3. The minimum Gasteiger partial charge on any atom is -0.355 e. The number of benzene rings is 2. The first-order valence-electron chi connectivity index (χ1n) is 12.6. The van der Waals surface area contributed by atoms with E-state index >= 15 is 0 Å². The van der Waals surface area contributed by atoms with Gasteiger partial charge in [-0.15, -0.1) is 0 Å². The zero-order chi connectivity index (χ0) is 26.7. The fraction of sp³-hybridized carbons (Fsp3) is 0.517. The third-order valence-corrected chi connectivity index (χ3v) is 7.70. The summed E-state index contributed by atoms with van der Waals surface area (Å²) in [6, 6.07) is 11.2. The van der Waals surface area contributed by atoms with Crippen LogP contribution in [0, 0.1) is 18.2 Å². The Kier molecular flexibility index (Phi) is 8.65. The van der Waals surface area contributed by atoms with Gasteiger partial charge in [0.1, 0.15) is 5.82 Å². The van der Waals surface area contributed by atoms with Crippen LogP contribution in [0.5, 0.6) is 0 Å². The number of amides is 1. The quantitative estimate of drug-likeness (QED) is 0.366. The lowest BCUT2D eigenvalue weighted by molar-refractivity contribution is -0.123. The highest BCUT2D eigenvalue weighted by Crippen LogP contribution is 2.65. The van der Waals surface area contributed by atoms with Crippen LogP contribution in [-0.4, -0.2) is 49.2 Å². The fourth-order valence-corrected chi connectivity index (χ4v) is 5.04. The number of carbonyl (C=O) groups excluding carboxylic acids is 2. The third kappa shape index (κ3) is 6.36. The number of hydrogen-bond donors (Lipinski definition) is 1. The predicted octanol–water partition coefficient (Wildman–Crippen LogP) is 5.93. The van der Waals surface area contributed by atoms with Crippen molar-refractivity contribution in [3.8, 4) is 0 Å². The Bertz CT molecular complexity index is 1070. The van der Waals surface area contributed by atoms with Crippen LogP contribution in [0.25, 0.3) is 0 Å². The van der Waals surface area contributed by atoms with E-state index in [4.69, 9.17) is 0 Å². The summed E-state index contributed by atoms with van der Waals surface area (Å²) in [5, 5.41) is 2.95. The van der Waals surface area contributed by atoms with Gasteiger partial charge in [0.15, 0.2) is 5.78 Å². The van der Waals surface area contributed by atoms with Crippen molar-refractivity contribution in [3.63, 3.8) is 0 Å². The van der Waals surface area contributed by atoms with E-state index < -0.39 is 23.1 Å². The van der Waals surface area contributed by atoms with Crippen molar-refractivity contribution in [3.05, 3.63) is 70.5 Å². The molecule has 1 fully saturated rings. The molecule has 1 saturated carbocycles. The van der Waals surface area contributed by atoms with E-state index in [1.165, 1.54) is 24.3 Å². The van der Waals surface area contributed by atoms with Crippen LogP contribution in [-0.2, 0) is 11.2 Å². The van der Waals surface area contributed by atoms with Crippen LogP contribution < -0.4 is 5.32 Å². The molecule has 1 N–H and O–H groups in total. The Morgan fingerprint density at radius 2 is 1.75 bits per heavy atom. The molecule has 2 aromatic carbocycles. The molecular weight excluding hydrogens is 465 g/mol. The lowest BCUT2D eigenvalue weighted by atomic mass is 9.77. The fourth-order valence-electron chi connectivity index (χ4n) is 5.04. The SMILES string of the molecule is CCC(=O)c1ccc(C[C@@H](CNC(=O)C[C@@H](c2ccc(F)cc2)C2(C(C)(F)F)CC2)N(C)C)c(C)c1. The number of Topliss-reactive ketones (excluding diaryl/α,β-unsaturated/α-hetero) is 1. The third-order valence-electron chi connectivity index (χ3n) is 7.70. The molecule has 0 saturated heterocycles. The molecule has 0 aliphatic heterocycles. The van der Waals surface area contributed by atoms with Crippen LogP contribution in [0.2, 0.25) is 0 Å². The summed E-state index contributed by atoms with van der Waals surface area (Å²) in [7, 11) is 3.86. The summed E-state index contributed by atoms with van der Waals surface area (Å²) < 4.78 is 42.7. The van der Waals surface area contributed by atoms with E-state index in [2.05, 4.69) is 5.32 Å². The molecule has 0 heterocycles. The van der Waals surface area contributed by atoms with E-state index in [0.29, 0.717) is 43.4 Å². The van der Waals surface area contributed by atoms with E-state index in [1.54, 1.807) is 0 Å². The molecule has 196 valence electrons. The van der Waals surface area contributed by atoms with Gasteiger partial charge in [0.25, 0.3) is 5.92 Å². The summed E-state index contributed by atoms with van der Waals surface area (Å²) in [6.45, 7) is 5.08. The summed E-state index contributed by atoms with van der Waals surface area (Å²) in [5.74, 6) is -4.27. The van der Waals surface area contributed by atoms with Crippen molar-refractivity contribution in [2.24, 2.45) is 5.41 Å². The molecular formula is C29H37F3N2O2. The van der Waals surface area contributed by atoms with Gasteiger partial charge in [0.05, 0.1) is 0 Å². The Balaban J connectivity index is 1.70. The molecule has 2 aromatic rings. The minimum atomic E-state index is -2.94. The maximum absolute atomic E-state index is 14.6. The van der Waals surface area contributed by atoms with Gasteiger partial charge < -0.3 is 10.2 Å². The molecule has 0 spiro atoms. The summed E-state index contributed by atoms with van der Waals surface area (Å²) >= 11 is 0. The molecule has 3 rings (SSSR count). The Morgan fingerprint density at radius 1 is 1.11 bits per heavy atom. The number of carbonyl (C=O) groups is 2. The average Bonchev–Trinajstić information content (AvgIpc) is 3.63. The van der Waals surface area contributed by atoms with Crippen molar-refractivity contribution < 1.29 is 22.8 Å². The average molecular weight is 503 g/mol. The van der Waals surface area contributed by atoms with E-state index in [0.717, 1.165) is 18.1 Å². The molecule has 0 bridgehead atoms. The number of likely N-dealkylation sites (N-methyl/N-ethyl adjacent to an activating group) is 1. The predicted molar refractivity (Wildman–Crippen MR) is 136 cm³/mol. The molecule has 0 radical (unpaired) electrons. The smallest absolute Gasteiger partial charge is 0.251 e.